The number of hydrogen-bond acceptors (Lipinski definition) is 2. The number of piperidine rings is 1. The molecule has 1 aliphatic rings. The second kappa shape index (κ2) is 6.53. The number of likely N-dealkylation sites (tertiary alicyclic amines) is 1. The minimum atomic E-state index is 0.168. The van der Waals surface area contributed by atoms with Gasteiger partial charge in [0.2, 0.25) is 5.91 Å². The Kier molecular flexibility index (Phi) is 4.46. The van der Waals surface area contributed by atoms with E-state index in [0.29, 0.717) is 5.92 Å². The number of carbonyl (C=O) groups is 1. The molecule has 1 fully saturated rings. The SMILES string of the molecule is CC(=O)N1CCC[C@H](c2ccc(-c3cccc(C)c3C)cn2)C1. The molecule has 23 heavy (non-hydrogen) atoms. The number of benzene rings is 1. The van der Waals surface area contributed by atoms with E-state index < -0.39 is 0 Å². The molecule has 1 amide bonds. The number of rotatable bonds is 2. The summed E-state index contributed by atoms with van der Waals surface area (Å²) in [6.45, 7) is 7.63. The van der Waals surface area contributed by atoms with Crippen LogP contribution in [-0.2, 0) is 4.79 Å². The predicted molar refractivity (Wildman–Crippen MR) is 93.4 cm³/mol. The molecule has 3 heteroatoms. The van der Waals surface area contributed by atoms with Gasteiger partial charge in [-0.25, -0.2) is 0 Å². The molecule has 0 saturated carbocycles. The minimum absolute atomic E-state index is 0.168. The summed E-state index contributed by atoms with van der Waals surface area (Å²) < 4.78 is 0. The van der Waals surface area contributed by atoms with Gasteiger partial charge >= 0.3 is 0 Å². The molecule has 3 nitrogen and oxygen atoms in total. The molecule has 2 heterocycles. The van der Waals surface area contributed by atoms with Crippen molar-refractivity contribution in [1.82, 2.24) is 9.88 Å². The maximum atomic E-state index is 11.6. The van der Waals surface area contributed by atoms with Gasteiger partial charge in [0, 0.05) is 43.4 Å². The number of hydrogen-bond donors (Lipinski definition) is 0. The van der Waals surface area contributed by atoms with Crippen LogP contribution in [0.25, 0.3) is 11.1 Å². The van der Waals surface area contributed by atoms with E-state index in [0.717, 1.165) is 37.2 Å². The van der Waals surface area contributed by atoms with Crippen LogP contribution >= 0.6 is 0 Å². The first-order valence-electron chi connectivity index (χ1n) is 8.34. The number of aryl methyl sites for hydroxylation is 1. The van der Waals surface area contributed by atoms with Crippen LogP contribution in [0.5, 0.6) is 0 Å². The Hall–Kier alpha value is -2.16. The summed E-state index contributed by atoms with van der Waals surface area (Å²) in [4.78, 5) is 18.2. The zero-order chi connectivity index (χ0) is 16.4. The Morgan fingerprint density at radius 1 is 1.22 bits per heavy atom. The van der Waals surface area contributed by atoms with E-state index in [4.69, 9.17) is 4.98 Å². The molecule has 0 aliphatic carbocycles. The molecule has 1 saturated heterocycles. The molecule has 3 rings (SSSR count). The van der Waals surface area contributed by atoms with Gasteiger partial charge in [0.25, 0.3) is 0 Å². The number of nitrogens with zero attached hydrogens (tertiary/aromatic N) is 2. The van der Waals surface area contributed by atoms with Gasteiger partial charge in [-0.15, -0.1) is 0 Å². The van der Waals surface area contributed by atoms with Crippen LogP contribution < -0.4 is 0 Å². The first kappa shape index (κ1) is 15.7. The van der Waals surface area contributed by atoms with Crippen LogP contribution in [0.15, 0.2) is 36.5 Å². The fraction of sp³-hybridized carbons (Fsp3) is 0.400. The van der Waals surface area contributed by atoms with Gasteiger partial charge in [0.05, 0.1) is 0 Å². The van der Waals surface area contributed by atoms with Crippen LogP contribution in [0.4, 0.5) is 0 Å². The van der Waals surface area contributed by atoms with E-state index in [1.807, 2.05) is 11.1 Å². The fourth-order valence-corrected chi connectivity index (χ4v) is 3.37. The average Bonchev–Trinajstić information content (AvgIpc) is 2.58. The van der Waals surface area contributed by atoms with Gasteiger partial charge in [0.1, 0.15) is 0 Å². The molecule has 1 aromatic heterocycles. The fourth-order valence-electron chi connectivity index (χ4n) is 3.37. The number of amides is 1. The van der Waals surface area contributed by atoms with Crippen molar-refractivity contribution in [3.05, 3.63) is 53.3 Å². The zero-order valence-electron chi connectivity index (χ0n) is 14.2. The monoisotopic (exact) mass is 308 g/mol. The topological polar surface area (TPSA) is 33.2 Å². The summed E-state index contributed by atoms with van der Waals surface area (Å²) in [5.74, 6) is 0.530. The average molecular weight is 308 g/mol. The van der Waals surface area contributed by atoms with Crippen LogP contribution in [-0.4, -0.2) is 28.9 Å². The van der Waals surface area contributed by atoms with Crippen molar-refractivity contribution in [1.29, 1.82) is 0 Å². The highest BCUT2D eigenvalue weighted by Crippen LogP contribution is 2.29. The molecule has 120 valence electrons. The van der Waals surface area contributed by atoms with Crippen LogP contribution in [0.3, 0.4) is 0 Å². The summed E-state index contributed by atoms with van der Waals surface area (Å²) in [6.07, 6.45) is 4.15. The third kappa shape index (κ3) is 3.29. The lowest BCUT2D eigenvalue weighted by molar-refractivity contribution is -0.130. The van der Waals surface area contributed by atoms with Crippen molar-refractivity contribution in [3.8, 4) is 11.1 Å². The highest BCUT2D eigenvalue weighted by molar-refractivity contribution is 5.73. The lowest BCUT2D eigenvalue weighted by Crippen LogP contribution is -2.37. The number of carbonyl (C=O) groups excluding carboxylic acids is 1. The van der Waals surface area contributed by atoms with Crippen LogP contribution in [0.2, 0.25) is 0 Å². The Morgan fingerprint density at radius 3 is 2.74 bits per heavy atom. The quantitative estimate of drug-likeness (QED) is 0.837. The molecule has 0 bridgehead atoms. The maximum Gasteiger partial charge on any atom is 0.219 e. The lowest BCUT2D eigenvalue weighted by atomic mass is 9.93. The molecule has 0 spiro atoms. The van der Waals surface area contributed by atoms with E-state index in [2.05, 4.69) is 44.2 Å². The van der Waals surface area contributed by atoms with Gasteiger partial charge in [-0.3, -0.25) is 9.78 Å². The van der Waals surface area contributed by atoms with Crippen LogP contribution in [0, 0.1) is 13.8 Å². The molecule has 1 aliphatic heterocycles. The summed E-state index contributed by atoms with van der Waals surface area (Å²) in [6, 6.07) is 10.7. The molecule has 1 atom stereocenters. The van der Waals surface area contributed by atoms with E-state index in [9.17, 15) is 4.79 Å². The largest absolute Gasteiger partial charge is 0.342 e. The second-order valence-corrected chi connectivity index (χ2v) is 6.52. The summed E-state index contributed by atoms with van der Waals surface area (Å²) >= 11 is 0. The lowest BCUT2D eigenvalue weighted by Gasteiger charge is -2.31. The number of pyridine rings is 1. The summed E-state index contributed by atoms with van der Waals surface area (Å²) in [5.41, 5.74) is 6.12. The molecular formula is C20H24N2O. The van der Waals surface area contributed by atoms with Crippen LogP contribution in [0.1, 0.15) is 42.5 Å². The Morgan fingerprint density at radius 2 is 2.04 bits per heavy atom. The molecular weight excluding hydrogens is 284 g/mol. The second-order valence-electron chi connectivity index (χ2n) is 6.52. The number of aromatic nitrogens is 1. The zero-order valence-corrected chi connectivity index (χ0v) is 14.2. The van der Waals surface area contributed by atoms with E-state index in [-0.39, 0.29) is 5.91 Å². The summed E-state index contributed by atoms with van der Waals surface area (Å²) in [5, 5.41) is 0. The molecule has 0 radical (unpaired) electrons. The smallest absolute Gasteiger partial charge is 0.219 e. The molecule has 2 aromatic rings. The first-order valence-corrected chi connectivity index (χ1v) is 8.34. The normalized spacial score (nSPS) is 18.0. The minimum Gasteiger partial charge on any atom is -0.342 e. The first-order chi connectivity index (χ1) is 11.1. The third-order valence-electron chi connectivity index (χ3n) is 4.99. The van der Waals surface area contributed by atoms with Gasteiger partial charge in [-0.05, 0) is 49.4 Å². The maximum absolute atomic E-state index is 11.6. The van der Waals surface area contributed by atoms with E-state index in [1.54, 1.807) is 6.92 Å². The van der Waals surface area contributed by atoms with Crippen molar-refractivity contribution in [2.24, 2.45) is 0 Å². The molecule has 1 aromatic carbocycles. The highest BCUT2D eigenvalue weighted by atomic mass is 16.2. The predicted octanol–water partition coefficient (Wildman–Crippen LogP) is 4.09. The van der Waals surface area contributed by atoms with Gasteiger partial charge < -0.3 is 4.90 Å². The Bertz CT molecular complexity index is 706. The molecule has 0 unspecified atom stereocenters. The highest BCUT2D eigenvalue weighted by Gasteiger charge is 2.23. The van der Waals surface area contributed by atoms with E-state index >= 15 is 0 Å². The van der Waals surface area contributed by atoms with Crippen molar-refractivity contribution >= 4 is 5.91 Å². The summed E-state index contributed by atoms with van der Waals surface area (Å²) in [7, 11) is 0. The standard InChI is InChI=1S/C20H24N2O/c1-14-6-4-8-19(15(14)2)17-9-10-20(21-12-17)18-7-5-11-22(13-18)16(3)23/h4,6,8-10,12,18H,5,7,11,13H2,1-3H3/t18-/m0/s1. The van der Waals surface area contributed by atoms with E-state index in [1.165, 1.54) is 16.7 Å². The van der Waals surface area contributed by atoms with Crippen molar-refractivity contribution in [3.63, 3.8) is 0 Å². The van der Waals surface area contributed by atoms with Crippen molar-refractivity contribution in [2.45, 2.75) is 39.5 Å². The molecule has 0 N–H and O–H groups in total. The van der Waals surface area contributed by atoms with Gasteiger partial charge in [0.15, 0.2) is 0 Å². The van der Waals surface area contributed by atoms with Crippen molar-refractivity contribution < 1.29 is 4.79 Å². The van der Waals surface area contributed by atoms with Crippen molar-refractivity contribution in [2.75, 3.05) is 13.1 Å². The van der Waals surface area contributed by atoms with Gasteiger partial charge in [-0.2, -0.15) is 0 Å². The third-order valence-corrected chi connectivity index (χ3v) is 4.99. The Balaban J connectivity index is 1.82. The Labute approximate surface area is 138 Å². The van der Waals surface area contributed by atoms with Gasteiger partial charge in [-0.1, -0.05) is 24.3 Å².